The summed E-state index contributed by atoms with van der Waals surface area (Å²) in [4.78, 5) is 22.4. The molecule has 0 saturated carbocycles. The fraction of sp³-hybridized carbons (Fsp3) is 0.250. The maximum absolute atomic E-state index is 13.8. The standard InChI is InChI=1S/C24H22ClN3O2S2/c1-27-12-11-18-20(13-27)32-22-21(18)23(29)28(16-7-9-17(30-2)10-8-16)24(26-22)31-14-15-5-3-4-6-19(15)25/h3-10H,11-14H2,1-2H3/p+1. The highest BCUT2D eigenvalue weighted by Gasteiger charge is 2.26. The normalized spacial score (nSPS) is 15.7. The van der Waals surface area contributed by atoms with Crippen molar-refractivity contribution in [3.63, 3.8) is 0 Å². The first-order valence-corrected chi connectivity index (χ1v) is 12.6. The summed E-state index contributed by atoms with van der Waals surface area (Å²) in [6.07, 6.45) is 0.910. The minimum Gasteiger partial charge on any atom is -0.497 e. The predicted octanol–water partition coefficient (Wildman–Crippen LogP) is 3.97. The number of aromatic nitrogens is 2. The first-order valence-electron chi connectivity index (χ1n) is 10.4. The van der Waals surface area contributed by atoms with Gasteiger partial charge in [0.15, 0.2) is 5.16 Å². The van der Waals surface area contributed by atoms with E-state index in [1.165, 1.54) is 27.1 Å². The first-order chi connectivity index (χ1) is 15.5. The van der Waals surface area contributed by atoms with E-state index in [0.717, 1.165) is 51.7 Å². The molecule has 3 heterocycles. The molecular weight excluding hydrogens is 462 g/mol. The molecule has 0 aliphatic carbocycles. The Morgan fingerprint density at radius 3 is 2.75 bits per heavy atom. The van der Waals surface area contributed by atoms with Gasteiger partial charge >= 0.3 is 0 Å². The fourth-order valence-electron chi connectivity index (χ4n) is 4.05. The third-order valence-corrected chi connectivity index (χ3v) is 8.27. The Bertz CT molecular complexity index is 1350. The van der Waals surface area contributed by atoms with Gasteiger partial charge in [-0.3, -0.25) is 9.36 Å². The van der Waals surface area contributed by atoms with Crippen LogP contribution in [-0.4, -0.2) is 30.3 Å². The largest absolute Gasteiger partial charge is 0.497 e. The van der Waals surface area contributed by atoms with Gasteiger partial charge in [0.25, 0.3) is 5.56 Å². The van der Waals surface area contributed by atoms with E-state index in [-0.39, 0.29) is 5.56 Å². The zero-order valence-electron chi connectivity index (χ0n) is 17.9. The van der Waals surface area contributed by atoms with Gasteiger partial charge < -0.3 is 9.64 Å². The van der Waals surface area contributed by atoms with Crippen molar-refractivity contribution in [3.8, 4) is 11.4 Å². The van der Waals surface area contributed by atoms with Crippen LogP contribution in [0.4, 0.5) is 0 Å². The molecule has 0 spiro atoms. The van der Waals surface area contributed by atoms with E-state index in [1.54, 1.807) is 23.0 Å². The predicted molar refractivity (Wildman–Crippen MR) is 132 cm³/mol. The Kier molecular flexibility index (Phi) is 5.99. The van der Waals surface area contributed by atoms with Crippen LogP contribution in [0.1, 0.15) is 16.0 Å². The second-order valence-electron chi connectivity index (χ2n) is 7.93. The lowest BCUT2D eigenvalue weighted by molar-refractivity contribution is -0.895. The zero-order chi connectivity index (χ0) is 22.2. The zero-order valence-corrected chi connectivity index (χ0v) is 20.2. The van der Waals surface area contributed by atoms with Crippen LogP contribution in [0.15, 0.2) is 58.5 Å². The number of likely N-dealkylation sites (N-methyl/N-ethyl adjacent to an activating group) is 1. The molecule has 164 valence electrons. The topological polar surface area (TPSA) is 48.6 Å². The fourth-order valence-corrected chi connectivity index (χ4v) is 6.73. The van der Waals surface area contributed by atoms with Crippen LogP contribution in [0.3, 0.4) is 0 Å². The summed E-state index contributed by atoms with van der Waals surface area (Å²) in [5, 5.41) is 2.17. The number of nitrogens with zero attached hydrogens (tertiary/aromatic N) is 2. The number of thiophene rings is 1. The highest BCUT2D eigenvalue weighted by atomic mass is 35.5. The molecule has 1 atom stereocenters. The van der Waals surface area contributed by atoms with Gasteiger partial charge in [-0.2, -0.15) is 0 Å². The first kappa shape index (κ1) is 21.5. The van der Waals surface area contributed by atoms with Gasteiger partial charge in [0.2, 0.25) is 0 Å². The van der Waals surface area contributed by atoms with Gasteiger partial charge in [-0.15, -0.1) is 11.3 Å². The van der Waals surface area contributed by atoms with E-state index in [0.29, 0.717) is 10.9 Å². The Labute approximate surface area is 199 Å². The van der Waals surface area contributed by atoms with Crippen molar-refractivity contribution in [1.29, 1.82) is 0 Å². The molecule has 0 fully saturated rings. The lowest BCUT2D eigenvalue weighted by Crippen LogP contribution is -3.08. The van der Waals surface area contributed by atoms with E-state index in [9.17, 15) is 4.79 Å². The number of rotatable bonds is 5. The van der Waals surface area contributed by atoms with Crippen LogP contribution in [0.25, 0.3) is 15.9 Å². The maximum atomic E-state index is 13.8. The molecule has 1 aliphatic rings. The summed E-state index contributed by atoms with van der Waals surface area (Å²) in [6, 6.07) is 15.3. The number of hydrogen-bond acceptors (Lipinski definition) is 5. The minimum atomic E-state index is -0.00104. The number of nitrogens with one attached hydrogen (secondary N) is 1. The quantitative estimate of drug-likeness (QED) is 0.344. The van der Waals surface area contributed by atoms with Crippen LogP contribution in [-0.2, 0) is 18.7 Å². The van der Waals surface area contributed by atoms with Crippen molar-refractivity contribution in [2.75, 3.05) is 20.7 Å². The van der Waals surface area contributed by atoms with Crippen LogP contribution in [0.5, 0.6) is 5.75 Å². The molecule has 0 radical (unpaired) electrons. The van der Waals surface area contributed by atoms with Crippen molar-refractivity contribution in [2.24, 2.45) is 0 Å². The molecule has 1 N–H and O–H groups in total. The molecular formula is C24H23ClN3O2S2+. The highest BCUT2D eigenvalue weighted by molar-refractivity contribution is 7.98. The van der Waals surface area contributed by atoms with Gasteiger partial charge in [-0.25, -0.2) is 4.98 Å². The third-order valence-electron chi connectivity index (χ3n) is 5.79. The molecule has 0 saturated heterocycles. The van der Waals surface area contributed by atoms with Gasteiger partial charge in [-0.05, 0) is 41.5 Å². The number of fused-ring (bicyclic) bond motifs is 3. The number of hydrogen-bond donors (Lipinski definition) is 1. The number of methoxy groups -OCH3 is 1. The molecule has 1 unspecified atom stereocenters. The van der Waals surface area contributed by atoms with Gasteiger partial charge in [0, 0.05) is 17.2 Å². The molecule has 8 heteroatoms. The minimum absolute atomic E-state index is 0.00104. The van der Waals surface area contributed by atoms with Crippen LogP contribution < -0.4 is 15.2 Å². The second kappa shape index (κ2) is 8.90. The van der Waals surface area contributed by atoms with E-state index in [1.807, 2.05) is 48.5 Å². The lowest BCUT2D eigenvalue weighted by Gasteiger charge is -2.19. The van der Waals surface area contributed by atoms with Crippen LogP contribution in [0.2, 0.25) is 5.02 Å². The van der Waals surface area contributed by atoms with Crippen LogP contribution >= 0.6 is 34.7 Å². The third kappa shape index (κ3) is 3.94. The van der Waals surface area contributed by atoms with Gasteiger partial charge in [0.05, 0.1) is 36.7 Å². The summed E-state index contributed by atoms with van der Waals surface area (Å²) in [6.45, 7) is 1.98. The Balaban J connectivity index is 1.66. The second-order valence-corrected chi connectivity index (χ2v) is 10.4. The molecule has 2 aromatic heterocycles. The molecule has 32 heavy (non-hydrogen) atoms. The molecule has 5 nitrogen and oxygen atoms in total. The number of ether oxygens (including phenoxy) is 1. The smallest absolute Gasteiger partial charge is 0.267 e. The van der Waals surface area contributed by atoms with Crippen molar-refractivity contribution in [3.05, 3.63) is 79.9 Å². The molecule has 4 aromatic rings. The van der Waals surface area contributed by atoms with E-state index < -0.39 is 0 Å². The molecule has 5 rings (SSSR count). The monoisotopic (exact) mass is 484 g/mol. The summed E-state index contributed by atoms with van der Waals surface area (Å²) >= 11 is 9.57. The van der Waals surface area contributed by atoms with Crippen molar-refractivity contribution < 1.29 is 9.64 Å². The Morgan fingerprint density at radius 1 is 1.22 bits per heavy atom. The maximum Gasteiger partial charge on any atom is 0.267 e. The molecule has 0 amide bonds. The van der Waals surface area contributed by atoms with Crippen molar-refractivity contribution in [2.45, 2.75) is 23.9 Å². The summed E-state index contributed by atoms with van der Waals surface area (Å²) in [7, 11) is 3.83. The lowest BCUT2D eigenvalue weighted by atomic mass is 10.1. The number of benzene rings is 2. The summed E-state index contributed by atoms with van der Waals surface area (Å²) in [5.74, 6) is 1.38. The van der Waals surface area contributed by atoms with Crippen molar-refractivity contribution >= 4 is 44.9 Å². The van der Waals surface area contributed by atoms with E-state index >= 15 is 0 Å². The number of thioether (sulfide) groups is 1. The average molecular weight is 485 g/mol. The highest BCUT2D eigenvalue weighted by Crippen LogP contribution is 2.33. The van der Waals surface area contributed by atoms with Crippen molar-refractivity contribution in [1.82, 2.24) is 9.55 Å². The van der Waals surface area contributed by atoms with E-state index in [4.69, 9.17) is 21.3 Å². The summed E-state index contributed by atoms with van der Waals surface area (Å²) in [5.41, 5.74) is 2.98. The van der Waals surface area contributed by atoms with Gasteiger partial charge in [-0.1, -0.05) is 41.6 Å². The number of quaternary nitrogens is 1. The number of halogens is 1. The Hall–Kier alpha value is -2.32. The average Bonchev–Trinajstić information content (AvgIpc) is 3.16. The SMILES string of the molecule is COc1ccc(-n2c(SCc3ccccc3Cl)nc3sc4c(c3c2=O)CC[NH+](C)C4)cc1. The molecule has 1 aliphatic heterocycles. The summed E-state index contributed by atoms with van der Waals surface area (Å²) < 4.78 is 7.04. The van der Waals surface area contributed by atoms with Gasteiger partial charge in [0.1, 0.15) is 17.1 Å². The van der Waals surface area contributed by atoms with E-state index in [2.05, 4.69) is 7.05 Å². The molecule has 2 aromatic carbocycles. The van der Waals surface area contributed by atoms with Crippen LogP contribution in [0, 0.1) is 0 Å². The molecule has 0 bridgehead atoms. The Morgan fingerprint density at radius 2 is 2.00 bits per heavy atom.